The second kappa shape index (κ2) is 6.72. The minimum absolute atomic E-state index is 0.143. The lowest BCUT2D eigenvalue weighted by molar-refractivity contribution is -0.115. The predicted octanol–water partition coefficient (Wildman–Crippen LogP) is 3.20. The van der Waals surface area contributed by atoms with E-state index in [0.29, 0.717) is 17.0 Å². The Balaban J connectivity index is 1.55. The van der Waals surface area contributed by atoms with E-state index in [2.05, 4.69) is 15.4 Å². The zero-order valence-electron chi connectivity index (χ0n) is 14.0. The van der Waals surface area contributed by atoms with Gasteiger partial charge in [0, 0.05) is 17.0 Å². The van der Waals surface area contributed by atoms with Gasteiger partial charge in [0.15, 0.2) is 0 Å². The lowest BCUT2D eigenvalue weighted by Gasteiger charge is -2.10. The van der Waals surface area contributed by atoms with Gasteiger partial charge in [0.1, 0.15) is 24.0 Å². The molecule has 0 atom stereocenters. The molecule has 1 N–H and O–H groups in total. The van der Waals surface area contributed by atoms with Crippen LogP contribution in [-0.2, 0) is 11.2 Å². The molecule has 26 heavy (non-hydrogen) atoms. The normalized spacial score (nSPS) is 10.8. The second-order valence-corrected chi connectivity index (χ2v) is 5.71. The van der Waals surface area contributed by atoms with Crippen LogP contribution >= 0.6 is 0 Å². The number of carbonyl (C=O) groups excluding carboxylic acids is 1. The van der Waals surface area contributed by atoms with E-state index >= 15 is 0 Å². The highest BCUT2D eigenvalue weighted by Gasteiger charge is 2.13. The Morgan fingerprint density at radius 1 is 1.27 bits per heavy atom. The number of hydrogen-bond acceptors (Lipinski definition) is 5. The monoisotopic (exact) mass is 348 g/mol. The summed E-state index contributed by atoms with van der Waals surface area (Å²) in [5.41, 5.74) is 2.92. The van der Waals surface area contributed by atoms with Gasteiger partial charge >= 0.3 is 0 Å². The summed E-state index contributed by atoms with van der Waals surface area (Å²) in [7, 11) is 1.60. The molecule has 0 aliphatic heterocycles. The highest BCUT2D eigenvalue weighted by Crippen LogP contribution is 2.26. The topological polar surface area (TPSA) is 82.2 Å². The molecule has 0 radical (unpaired) electrons. The molecule has 4 rings (SSSR count). The number of benzene rings is 2. The van der Waals surface area contributed by atoms with Gasteiger partial charge in [-0.3, -0.25) is 4.79 Å². The van der Waals surface area contributed by atoms with Crippen LogP contribution < -0.4 is 10.1 Å². The molecule has 0 bridgehead atoms. The summed E-state index contributed by atoms with van der Waals surface area (Å²) in [6.45, 7) is 0. The number of methoxy groups -OCH3 is 1. The number of furan rings is 1. The maximum atomic E-state index is 12.5. The van der Waals surface area contributed by atoms with Crippen molar-refractivity contribution < 1.29 is 13.9 Å². The molecule has 1 amide bonds. The predicted molar refractivity (Wildman–Crippen MR) is 96.5 cm³/mol. The van der Waals surface area contributed by atoms with Crippen LogP contribution in [0.4, 0.5) is 5.69 Å². The highest BCUT2D eigenvalue weighted by atomic mass is 16.5. The van der Waals surface area contributed by atoms with Crippen LogP contribution in [0, 0.1) is 0 Å². The zero-order valence-corrected chi connectivity index (χ0v) is 14.0. The number of hydrogen-bond donors (Lipinski definition) is 1. The van der Waals surface area contributed by atoms with Crippen LogP contribution in [0.25, 0.3) is 16.7 Å². The Bertz CT molecular complexity index is 1050. The van der Waals surface area contributed by atoms with E-state index < -0.39 is 0 Å². The summed E-state index contributed by atoms with van der Waals surface area (Å²) in [6.07, 6.45) is 4.84. The lowest BCUT2D eigenvalue weighted by Crippen LogP contribution is -2.16. The third-order valence-electron chi connectivity index (χ3n) is 4.06. The molecular weight excluding hydrogens is 332 g/mol. The fourth-order valence-electron chi connectivity index (χ4n) is 2.81. The molecule has 0 spiro atoms. The average molecular weight is 348 g/mol. The average Bonchev–Trinajstić information content (AvgIpc) is 3.32. The molecule has 7 heteroatoms. The largest absolute Gasteiger partial charge is 0.497 e. The minimum atomic E-state index is -0.143. The summed E-state index contributed by atoms with van der Waals surface area (Å²) in [6, 6.07) is 13.0. The van der Waals surface area contributed by atoms with Crippen molar-refractivity contribution >= 4 is 22.6 Å². The van der Waals surface area contributed by atoms with E-state index in [1.54, 1.807) is 30.4 Å². The first kappa shape index (κ1) is 15.9. The summed E-state index contributed by atoms with van der Waals surface area (Å²) in [4.78, 5) is 16.5. The zero-order chi connectivity index (χ0) is 17.9. The molecule has 130 valence electrons. The number of para-hydroxylation sites is 2. The van der Waals surface area contributed by atoms with Gasteiger partial charge in [-0.2, -0.15) is 5.10 Å². The SMILES string of the molecule is COc1ccc2c(CC(=O)Nc3ccccc3-n3cncn3)coc2c1. The quantitative estimate of drug-likeness (QED) is 0.599. The van der Waals surface area contributed by atoms with Crippen LogP contribution in [0.5, 0.6) is 5.75 Å². The number of ether oxygens (including phenoxy) is 1. The van der Waals surface area contributed by atoms with E-state index in [1.165, 1.54) is 6.33 Å². The number of fused-ring (bicyclic) bond motifs is 1. The molecule has 2 aromatic heterocycles. The van der Waals surface area contributed by atoms with Crippen molar-refractivity contribution in [2.24, 2.45) is 0 Å². The first-order chi connectivity index (χ1) is 12.7. The molecule has 7 nitrogen and oxygen atoms in total. The Morgan fingerprint density at radius 3 is 2.96 bits per heavy atom. The van der Waals surface area contributed by atoms with Crippen molar-refractivity contribution in [2.45, 2.75) is 6.42 Å². The van der Waals surface area contributed by atoms with Crippen molar-refractivity contribution in [3.05, 3.63) is 66.9 Å². The standard InChI is InChI=1S/C19H16N4O3/c1-25-14-6-7-15-13(10-26-18(15)9-14)8-19(24)22-16-4-2-3-5-17(16)23-12-20-11-21-23/h2-7,9-12H,8H2,1H3,(H,22,24). The first-order valence-electron chi connectivity index (χ1n) is 8.02. The van der Waals surface area contributed by atoms with Crippen molar-refractivity contribution in [3.8, 4) is 11.4 Å². The van der Waals surface area contributed by atoms with Gasteiger partial charge in [-0.25, -0.2) is 9.67 Å². The summed E-state index contributed by atoms with van der Waals surface area (Å²) in [5, 5.41) is 7.94. The van der Waals surface area contributed by atoms with Gasteiger partial charge in [-0.15, -0.1) is 0 Å². The minimum Gasteiger partial charge on any atom is -0.497 e. The smallest absolute Gasteiger partial charge is 0.228 e. The van der Waals surface area contributed by atoms with E-state index in [1.807, 2.05) is 36.4 Å². The van der Waals surface area contributed by atoms with Crippen LogP contribution in [0.2, 0.25) is 0 Å². The fourth-order valence-corrected chi connectivity index (χ4v) is 2.81. The Kier molecular flexibility index (Phi) is 4.10. The molecule has 0 saturated carbocycles. The van der Waals surface area contributed by atoms with E-state index in [4.69, 9.17) is 9.15 Å². The van der Waals surface area contributed by atoms with Gasteiger partial charge in [-0.05, 0) is 24.3 Å². The maximum Gasteiger partial charge on any atom is 0.228 e. The van der Waals surface area contributed by atoms with Crippen molar-refractivity contribution in [1.82, 2.24) is 14.8 Å². The van der Waals surface area contributed by atoms with E-state index in [9.17, 15) is 4.79 Å². The number of amides is 1. The number of rotatable bonds is 5. The van der Waals surface area contributed by atoms with E-state index in [-0.39, 0.29) is 12.3 Å². The number of carbonyl (C=O) groups is 1. The summed E-state index contributed by atoms with van der Waals surface area (Å²) >= 11 is 0. The summed E-state index contributed by atoms with van der Waals surface area (Å²) < 4.78 is 12.3. The van der Waals surface area contributed by atoms with Gasteiger partial charge in [-0.1, -0.05) is 12.1 Å². The van der Waals surface area contributed by atoms with Crippen molar-refractivity contribution in [1.29, 1.82) is 0 Å². The van der Waals surface area contributed by atoms with Crippen LogP contribution in [0.3, 0.4) is 0 Å². The molecule has 0 unspecified atom stereocenters. The van der Waals surface area contributed by atoms with Crippen molar-refractivity contribution in [3.63, 3.8) is 0 Å². The Labute approximate surface area is 149 Å². The molecule has 0 aliphatic carbocycles. The molecule has 2 aromatic carbocycles. The Hall–Kier alpha value is -3.61. The maximum absolute atomic E-state index is 12.5. The molecule has 0 saturated heterocycles. The molecule has 0 fully saturated rings. The number of nitrogens with one attached hydrogen (secondary N) is 1. The fraction of sp³-hybridized carbons (Fsp3) is 0.105. The van der Waals surface area contributed by atoms with Crippen molar-refractivity contribution in [2.75, 3.05) is 12.4 Å². The second-order valence-electron chi connectivity index (χ2n) is 5.71. The number of anilines is 1. The van der Waals surface area contributed by atoms with Gasteiger partial charge in [0.05, 0.1) is 31.2 Å². The van der Waals surface area contributed by atoms with Gasteiger partial charge in [0.2, 0.25) is 5.91 Å². The summed E-state index contributed by atoms with van der Waals surface area (Å²) in [5.74, 6) is 0.570. The van der Waals surface area contributed by atoms with Gasteiger partial charge in [0.25, 0.3) is 0 Å². The van der Waals surface area contributed by atoms with E-state index in [0.717, 1.165) is 16.6 Å². The number of aromatic nitrogens is 3. The first-order valence-corrected chi connectivity index (χ1v) is 8.02. The Morgan fingerprint density at radius 2 is 2.15 bits per heavy atom. The van der Waals surface area contributed by atoms with Crippen LogP contribution in [-0.4, -0.2) is 27.8 Å². The third kappa shape index (κ3) is 3.02. The molecule has 0 aliphatic rings. The molecule has 2 heterocycles. The lowest BCUT2D eigenvalue weighted by atomic mass is 10.1. The van der Waals surface area contributed by atoms with Crippen LogP contribution in [0.15, 0.2) is 65.8 Å². The van der Waals surface area contributed by atoms with Gasteiger partial charge < -0.3 is 14.5 Å². The highest BCUT2D eigenvalue weighted by molar-refractivity contribution is 5.96. The molecule has 4 aromatic rings. The number of nitrogens with zero attached hydrogens (tertiary/aromatic N) is 3. The van der Waals surface area contributed by atoms with Crippen LogP contribution in [0.1, 0.15) is 5.56 Å². The third-order valence-corrected chi connectivity index (χ3v) is 4.06. The molecular formula is C19H16N4O3.